The first-order valence-electron chi connectivity index (χ1n) is 14.0. The Hall–Kier alpha value is -5.48. The molecule has 0 aliphatic carbocycles. The van der Waals surface area contributed by atoms with Crippen molar-refractivity contribution < 1.29 is 0 Å². The highest BCUT2D eigenvalue weighted by Crippen LogP contribution is 2.33. The van der Waals surface area contributed by atoms with Crippen molar-refractivity contribution in [3.05, 3.63) is 138 Å². The van der Waals surface area contributed by atoms with Gasteiger partial charge in [-0.2, -0.15) is 0 Å². The summed E-state index contributed by atoms with van der Waals surface area (Å²) < 4.78 is 4.57. The van der Waals surface area contributed by atoms with E-state index in [9.17, 15) is 0 Å². The van der Waals surface area contributed by atoms with E-state index in [0.717, 1.165) is 33.5 Å². The van der Waals surface area contributed by atoms with Gasteiger partial charge in [0.05, 0.1) is 17.6 Å². The molecule has 8 aromatic rings. The largest absolute Gasteiger partial charge is 0.309 e. The Labute approximate surface area is 235 Å². The van der Waals surface area contributed by atoms with E-state index in [4.69, 9.17) is 9.98 Å². The van der Waals surface area contributed by atoms with E-state index in [1.54, 1.807) is 0 Å². The first kappa shape index (κ1) is 22.3. The molecule has 0 unspecified atom stereocenters. The average Bonchev–Trinajstić information content (AvgIpc) is 3.72. The van der Waals surface area contributed by atoms with Gasteiger partial charge in [0, 0.05) is 44.3 Å². The average molecular weight is 525 g/mol. The van der Waals surface area contributed by atoms with Crippen molar-refractivity contribution in [2.75, 3.05) is 6.54 Å². The van der Waals surface area contributed by atoms with Crippen molar-refractivity contribution in [2.45, 2.75) is 0 Å². The predicted octanol–water partition coefficient (Wildman–Crippen LogP) is 7.36. The predicted molar refractivity (Wildman–Crippen MR) is 168 cm³/mol. The van der Waals surface area contributed by atoms with Crippen molar-refractivity contribution in [1.82, 2.24) is 14.1 Å². The number of benzene rings is 5. The molecule has 0 N–H and O–H groups in total. The van der Waals surface area contributed by atoms with Crippen LogP contribution in [0.25, 0.3) is 72.2 Å². The molecule has 0 saturated carbocycles. The third kappa shape index (κ3) is 3.22. The maximum Gasteiger partial charge on any atom is 0.147 e. The summed E-state index contributed by atoms with van der Waals surface area (Å²) in [7, 11) is 0. The van der Waals surface area contributed by atoms with Gasteiger partial charge in [-0.15, -0.1) is 0 Å². The standard InChI is InChI=1S/C37H24N4/c1-2-11-29-26(8-1)23-39-37-35(29)32-20-21-38-36(32)41(37)28-10-7-9-25(22-28)24-16-18-27(19-17-24)40-33-14-5-3-12-30(33)31-13-4-6-15-34(31)40/h1-20,22-23H,21H2. The molecule has 192 valence electrons. The zero-order valence-corrected chi connectivity index (χ0v) is 22.2. The molecule has 9 rings (SSSR count). The van der Waals surface area contributed by atoms with Crippen LogP contribution in [-0.2, 0) is 0 Å². The second-order valence-corrected chi connectivity index (χ2v) is 10.6. The fourth-order valence-electron chi connectivity index (χ4n) is 6.57. The minimum atomic E-state index is 0.702. The van der Waals surface area contributed by atoms with Crippen LogP contribution in [0.5, 0.6) is 0 Å². The van der Waals surface area contributed by atoms with E-state index in [-0.39, 0.29) is 0 Å². The van der Waals surface area contributed by atoms with Crippen LogP contribution in [0, 0.1) is 0 Å². The molecule has 5 aromatic carbocycles. The molecule has 0 spiro atoms. The van der Waals surface area contributed by atoms with Gasteiger partial charge in [-0.25, -0.2) is 4.98 Å². The van der Waals surface area contributed by atoms with Gasteiger partial charge in [0.15, 0.2) is 0 Å². The Bertz CT molecular complexity index is 2390. The lowest BCUT2D eigenvalue weighted by Crippen LogP contribution is -2.25. The molecule has 0 bridgehead atoms. The second-order valence-electron chi connectivity index (χ2n) is 10.6. The molecule has 1 aliphatic rings. The molecule has 1 aliphatic heterocycles. The molecule has 4 heterocycles. The number of fused-ring (bicyclic) bond motifs is 8. The van der Waals surface area contributed by atoms with E-state index >= 15 is 0 Å². The van der Waals surface area contributed by atoms with E-state index in [2.05, 4.69) is 137 Å². The van der Waals surface area contributed by atoms with Gasteiger partial charge >= 0.3 is 0 Å². The molecule has 41 heavy (non-hydrogen) atoms. The molecular weight excluding hydrogens is 500 g/mol. The first-order valence-corrected chi connectivity index (χ1v) is 14.0. The third-order valence-corrected chi connectivity index (χ3v) is 8.39. The van der Waals surface area contributed by atoms with E-state index in [1.807, 2.05) is 6.20 Å². The summed E-state index contributed by atoms with van der Waals surface area (Å²) in [6, 6.07) is 43.3. The van der Waals surface area contributed by atoms with Crippen LogP contribution in [0.15, 0.2) is 133 Å². The number of hydrogen-bond donors (Lipinski definition) is 0. The summed E-state index contributed by atoms with van der Waals surface area (Å²) in [6.45, 7) is 0.702. The topological polar surface area (TPSA) is 35.1 Å². The number of para-hydroxylation sites is 2. The highest BCUT2D eigenvalue weighted by Gasteiger charge is 2.17. The van der Waals surface area contributed by atoms with Crippen molar-refractivity contribution >= 4 is 49.7 Å². The van der Waals surface area contributed by atoms with Crippen molar-refractivity contribution in [1.29, 1.82) is 0 Å². The lowest BCUT2D eigenvalue weighted by atomic mass is 10.0. The van der Waals surface area contributed by atoms with Crippen LogP contribution in [0.4, 0.5) is 0 Å². The number of aromatic nitrogens is 3. The van der Waals surface area contributed by atoms with E-state index in [0.29, 0.717) is 6.54 Å². The fraction of sp³-hybridized carbons (Fsp3) is 0.0270. The van der Waals surface area contributed by atoms with Gasteiger partial charge in [-0.05, 0) is 52.9 Å². The highest BCUT2D eigenvalue weighted by atomic mass is 15.1. The Balaban J connectivity index is 1.18. The zero-order chi connectivity index (χ0) is 26.9. The smallest absolute Gasteiger partial charge is 0.147 e. The van der Waals surface area contributed by atoms with E-state index in [1.165, 1.54) is 43.4 Å². The Morgan fingerprint density at radius 2 is 1.27 bits per heavy atom. The summed E-state index contributed by atoms with van der Waals surface area (Å²) in [5.74, 6) is 0. The number of pyridine rings is 1. The van der Waals surface area contributed by atoms with Crippen LogP contribution < -0.4 is 10.7 Å². The lowest BCUT2D eigenvalue weighted by Gasteiger charge is -2.11. The van der Waals surface area contributed by atoms with Crippen LogP contribution >= 0.6 is 0 Å². The van der Waals surface area contributed by atoms with Crippen LogP contribution in [0.1, 0.15) is 0 Å². The number of hydrogen-bond acceptors (Lipinski definition) is 2. The summed E-state index contributed by atoms with van der Waals surface area (Å²) in [4.78, 5) is 9.80. The second kappa shape index (κ2) is 8.51. The van der Waals surface area contributed by atoms with Gasteiger partial charge in [0.2, 0.25) is 0 Å². The molecule has 0 amide bonds. The fourth-order valence-corrected chi connectivity index (χ4v) is 6.57. The van der Waals surface area contributed by atoms with Crippen LogP contribution in [0.2, 0.25) is 0 Å². The van der Waals surface area contributed by atoms with Gasteiger partial charge in [-0.1, -0.05) is 91.0 Å². The molecule has 0 radical (unpaired) electrons. The minimum absolute atomic E-state index is 0.702. The molecule has 0 saturated heterocycles. The number of rotatable bonds is 3. The lowest BCUT2D eigenvalue weighted by molar-refractivity contribution is 0.980. The Morgan fingerprint density at radius 1 is 0.561 bits per heavy atom. The zero-order valence-electron chi connectivity index (χ0n) is 22.2. The molecule has 4 heteroatoms. The molecule has 4 nitrogen and oxygen atoms in total. The first-order chi connectivity index (χ1) is 20.3. The SMILES string of the molecule is C1=c2c(n(-c3cccc(-c4ccc(-n5c6ccccc6c6ccccc65)cc4)c3)c3ncc4ccccc4c23)=NC1. The maximum absolute atomic E-state index is 4.92. The van der Waals surface area contributed by atoms with Crippen molar-refractivity contribution in [3.63, 3.8) is 0 Å². The van der Waals surface area contributed by atoms with Crippen molar-refractivity contribution in [2.24, 2.45) is 4.99 Å². The van der Waals surface area contributed by atoms with Gasteiger partial charge < -0.3 is 4.57 Å². The minimum Gasteiger partial charge on any atom is -0.309 e. The Kier molecular flexibility index (Phi) is 4.64. The Morgan fingerprint density at radius 3 is 2.05 bits per heavy atom. The summed E-state index contributed by atoms with van der Waals surface area (Å²) >= 11 is 0. The highest BCUT2D eigenvalue weighted by molar-refractivity contribution is 6.09. The summed E-state index contributed by atoms with van der Waals surface area (Å²) in [6.07, 6.45) is 4.19. The monoisotopic (exact) mass is 524 g/mol. The van der Waals surface area contributed by atoms with Gasteiger partial charge in [0.25, 0.3) is 0 Å². The molecule has 3 aromatic heterocycles. The summed E-state index contributed by atoms with van der Waals surface area (Å²) in [5.41, 5.74) is 8.94. The number of nitrogens with zero attached hydrogens (tertiary/aromatic N) is 4. The molecule has 0 atom stereocenters. The van der Waals surface area contributed by atoms with E-state index < -0.39 is 0 Å². The third-order valence-electron chi connectivity index (χ3n) is 8.39. The van der Waals surface area contributed by atoms with Crippen LogP contribution in [-0.4, -0.2) is 20.7 Å². The molecular formula is C37H24N4. The summed E-state index contributed by atoms with van der Waals surface area (Å²) in [5, 5.41) is 7.28. The molecule has 0 fully saturated rings. The van der Waals surface area contributed by atoms with Gasteiger partial charge in [0.1, 0.15) is 11.1 Å². The quantitative estimate of drug-likeness (QED) is 0.238. The normalized spacial score (nSPS) is 12.7. The van der Waals surface area contributed by atoms with Gasteiger partial charge in [-0.3, -0.25) is 9.56 Å². The van der Waals surface area contributed by atoms with Crippen LogP contribution in [0.3, 0.4) is 0 Å². The van der Waals surface area contributed by atoms with Crippen molar-refractivity contribution in [3.8, 4) is 22.5 Å². The maximum atomic E-state index is 4.92.